The van der Waals surface area contributed by atoms with E-state index in [0.717, 1.165) is 42.0 Å². The quantitative estimate of drug-likeness (QED) is 0.344. The van der Waals surface area contributed by atoms with Crippen molar-refractivity contribution in [2.24, 2.45) is 11.8 Å². The van der Waals surface area contributed by atoms with E-state index in [1.165, 1.54) is 25.7 Å². The summed E-state index contributed by atoms with van der Waals surface area (Å²) in [6.07, 6.45) is 12.1. The van der Waals surface area contributed by atoms with E-state index in [9.17, 15) is 14.4 Å². The number of carbonyl (C=O) groups is 2. The Hall–Kier alpha value is -3.21. The summed E-state index contributed by atoms with van der Waals surface area (Å²) >= 11 is 3.41. The largest absolute Gasteiger partial charge is 0.335 e. The van der Waals surface area contributed by atoms with Gasteiger partial charge in [-0.2, -0.15) is 0 Å². The van der Waals surface area contributed by atoms with E-state index in [0.29, 0.717) is 48.2 Å². The molecule has 3 aromatic rings. The number of benzene rings is 1. The summed E-state index contributed by atoms with van der Waals surface area (Å²) in [5.41, 5.74) is 0.720. The predicted octanol–water partition coefficient (Wildman–Crippen LogP) is 4.35. The van der Waals surface area contributed by atoms with Gasteiger partial charge in [-0.05, 0) is 67.5 Å². The van der Waals surface area contributed by atoms with E-state index in [4.69, 9.17) is 0 Å². The van der Waals surface area contributed by atoms with Crippen molar-refractivity contribution in [3.63, 3.8) is 0 Å². The summed E-state index contributed by atoms with van der Waals surface area (Å²) in [6.45, 7) is 1.47. The normalized spacial score (nSPS) is 21.9. The molecular weight excluding hydrogens is 574 g/mol. The number of halogens is 1. The van der Waals surface area contributed by atoms with E-state index in [1.54, 1.807) is 16.8 Å². The Balaban J connectivity index is 1.12. The number of hydrogen-bond donors (Lipinski definition) is 3. The van der Waals surface area contributed by atoms with E-state index in [1.807, 2.05) is 23.2 Å². The minimum atomic E-state index is -0.270. The number of H-pyrrole nitrogens is 1. The van der Waals surface area contributed by atoms with Crippen LogP contribution in [0, 0.1) is 11.8 Å². The summed E-state index contributed by atoms with van der Waals surface area (Å²) in [5.74, 6) is 0.851. The molecule has 2 aromatic heterocycles. The first kappa shape index (κ1) is 27.0. The molecule has 10 nitrogen and oxygen atoms in total. The minimum Gasteiger partial charge on any atom is -0.335 e. The van der Waals surface area contributed by atoms with Gasteiger partial charge in [-0.25, -0.2) is 4.79 Å². The molecule has 2 aliphatic carbocycles. The van der Waals surface area contributed by atoms with E-state index < -0.39 is 0 Å². The molecule has 3 N–H and O–H groups in total. The number of urea groups is 1. The SMILES string of the molecule is O=C(NCc1cn(CC2C(C3CC3)CCN2C(=O)c2cc3ccc(Br)cc3c(=O)[nH]2)nn1)NC1CCCCCC1. The molecule has 3 heterocycles. The molecule has 1 saturated heterocycles. The lowest BCUT2D eigenvalue weighted by atomic mass is 9.94. The van der Waals surface area contributed by atoms with Crippen LogP contribution in [-0.4, -0.2) is 55.4 Å². The molecule has 11 heteroatoms. The molecule has 3 amide bonds. The molecule has 3 aliphatic rings. The van der Waals surface area contributed by atoms with E-state index >= 15 is 0 Å². The number of fused-ring (bicyclic) bond motifs is 1. The predicted molar refractivity (Wildman–Crippen MR) is 155 cm³/mol. The Labute approximate surface area is 241 Å². The number of amides is 3. The summed E-state index contributed by atoms with van der Waals surface area (Å²) in [7, 11) is 0. The number of carbonyl (C=O) groups excluding carboxylic acids is 2. The first-order valence-electron chi connectivity index (χ1n) is 14.5. The smallest absolute Gasteiger partial charge is 0.315 e. The lowest BCUT2D eigenvalue weighted by Gasteiger charge is -2.28. The van der Waals surface area contributed by atoms with Crippen molar-refractivity contribution >= 4 is 38.6 Å². The molecule has 0 bridgehead atoms. The average molecular weight is 611 g/mol. The number of aromatic nitrogens is 4. The highest BCUT2D eigenvalue weighted by atomic mass is 79.9. The molecule has 6 rings (SSSR count). The van der Waals surface area contributed by atoms with Gasteiger partial charge >= 0.3 is 6.03 Å². The molecule has 40 heavy (non-hydrogen) atoms. The van der Waals surface area contributed by atoms with Gasteiger partial charge in [0.1, 0.15) is 11.4 Å². The number of nitrogens with one attached hydrogen (secondary N) is 3. The highest BCUT2D eigenvalue weighted by Gasteiger charge is 2.45. The van der Waals surface area contributed by atoms with Crippen molar-refractivity contribution < 1.29 is 9.59 Å². The van der Waals surface area contributed by atoms with Gasteiger partial charge in [0.2, 0.25) is 0 Å². The molecule has 1 aliphatic heterocycles. The van der Waals surface area contributed by atoms with E-state index in [2.05, 4.69) is 41.9 Å². The molecule has 0 radical (unpaired) electrons. The third-order valence-electron chi connectivity index (χ3n) is 8.71. The minimum absolute atomic E-state index is 0.0369. The molecule has 212 valence electrons. The molecule has 2 atom stereocenters. The Kier molecular flexibility index (Phi) is 7.91. The third-order valence-corrected chi connectivity index (χ3v) is 9.20. The Bertz CT molecular complexity index is 1440. The second-order valence-corrected chi connectivity index (χ2v) is 12.5. The third kappa shape index (κ3) is 6.09. The van der Waals surface area contributed by atoms with Crippen LogP contribution >= 0.6 is 15.9 Å². The first-order valence-corrected chi connectivity index (χ1v) is 15.3. The summed E-state index contributed by atoms with van der Waals surface area (Å²) in [4.78, 5) is 43.6. The van der Waals surface area contributed by atoms with Crippen molar-refractivity contribution in [1.29, 1.82) is 0 Å². The number of likely N-dealkylation sites (tertiary alicyclic amines) is 1. The van der Waals surface area contributed by atoms with Crippen LogP contribution < -0.4 is 16.2 Å². The topological polar surface area (TPSA) is 125 Å². The van der Waals surface area contributed by atoms with Crippen LogP contribution in [0.2, 0.25) is 0 Å². The number of hydrogen-bond acceptors (Lipinski definition) is 5. The molecule has 0 spiro atoms. The molecule has 2 unspecified atom stereocenters. The zero-order valence-corrected chi connectivity index (χ0v) is 24.2. The number of nitrogens with zero attached hydrogens (tertiary/aromatic N) is 4. The highest BCUT2D eigenvalue weighted by Crippen LogP contribution is 2.45. The van der Waals surface area contributed by atoms with Crippen molar-refractivity contribution in [1.82, 2.24) is 35.5 Å². The summed E-state index contributed by atoms with van der Waals surface area (Å²) < 4.78 is 2.60. The van der Waals surface area contributed by atoms with Gasteiger partial charge in [-0.15, -0.1) is 5.10 Å². The van der Waals surface area contributed by atoms with Crippen LogP contribution in [0.5, 0.6) is 0 Å². The Morgan fingerprint density at radius 2 is 1.85 bits per heavy atom. The monoisotopic (exact) mass is 609 g/mol. The van der Waals surface area contributed by atoms with Crippen LogP contribution in [0.1, 0.15) is 74.0 Å². The Morgan fingerprint density at radius 3 is 2.62 bits per heavy atom. The maximum absolute atomic E-state index is 13.7. The van der Waals surface area contributed by atoms with Gasteiger partial charge in [0, 0.05) is 22.4 Å². The van der Waals surface area contributed by atoms with Crippen molar-refractivity contribution in [2.75, 3.05) is 6.54 Å². The molecular formula is C29H36BrN7O3. The zero-order valence-electron chi connectivity index (χ0n) is 22.6. The van der Waals surface area contributed by atoms with Crippen LogP contribution in [0.15, 0.2) is 39.7 Å². The van der Waals surface area contributed by atoms with Crippen LogP contribution in [0.4, 0.5) is 4.79 Å². The summed E-state index contributed by atoms with van der Waals surface area (Å²) in [6, 6.07) is 7.29. The summed E-state index contributed by atoms with van der Waals surface area (Å²) in [5, 5.41) is 15.9. The highest BCUT2D eigenvalue weighted by molar-refractivity contribution is 9.10. The second kappa shape index (κ2) is 11.7. The van der Waals surface area contributed by atoms with Crippen molar-refractivity contribution in [2.45, 2.75) is 83.0 Å². The van der Waals surface area contributed by atoms with Gasteiger partial charge in [0.15, 0.2) is 0 Å². The van der Waals surface area contributed by atoms with Gasteiger partial charge in [-0.1, -0.05) is 52.9 Å². The fourth-order valence-electron chi connectivity index (χ4n) is 6.47. The number of rotatable bonds is 7. The Morgan fingerprint density at radius 1 is 1.05 bits per heavy atom. The fraction of sp³-hybridized carbons (Fsp3) is 0.552. The zero-order chi connectivity index (χ0) is 27.6. The van der Waals surface area contributed by atoms with Gasteiger partial charge < -0.3 is 20.5 Å². The van der Waals surface area contributed by atoms with Gasteiger partial charge in [0.05, 0.1) is 25.3 Å². The van der Waals surface area contributed by atoms with Crippen molar-refractivity contribution in [3.05, 3.63) is 56.7 Å². The lowest BCUT2D eigenvalue weighted by molar-refractivity contribution is 0.0686. The van der Waals surface area contributed by atoms with Crippen LogP contribution in [0.25, 0.3) is 10.8 Å². The number of pyridine rings is 1. The van der Waals surface area contributed by atoms with E-state index in [-0.39, 0.29) is 29.6 Å². The fourth-order valence-corrected chi connectivity index (χ4v) is 6.83. The number of aromatic amines is 1. The maximum atomic E-state index is 13.7. The first-order chi connectivity index (χ1) is 19.4. The van der Waals surface area contributed by atoms with Gasteiger partial charge in [0.25, 0.3) is 11.5 Å². The van der Waals surface area contributed by atoms with Crippen LogP contribution in [-0.2, 0) is 13.1 Å². The average Bonchev–Trinajstić information content (AvgIpc) is 3.63. The maximum Gasteiger partial charge on any atom is 0.315 e. The molecule has 2 saturated carbocycles. The standard InChI is InChI=1S/C29H36BrN7O3/c30-20-10-9-19-13-25(33-27(38)24(19)14-20)28(39)37-12-11-23(18-7-8-18)26(37)17-36-16-22(34-35-36)15-31-29(40)32-21-5-3-1-2-4-6-21/h9-10,13-14,16,18,21,23,26H,1-8,11-12,15,17H2,(H,33,38)(H2,31,32,40). The second-order valence-electron chi connectivity index (χ2n) is 11.5. The van der Waals surface area contributed by atoms with Gasteiger partial charge in [-0.3, -0.25) is 14.3 Å². The molecule has 1 aromatic carbocycles. The lowest BCUT2D eigenvalue weighted by Crippen LogP contribution is -2.42. The molecule has 3 fully saturated rings. The van der Waals surface area contributed by atoms with Crippen LogP contribution in [0.3, 0.4) is 0 Å². The van der Waals surface area contributed by atoms with Crippen molar-refractivity contribution in [3.8, 4) is 0 Å².